The van der Waals surface area contributed by atoms with Crippen LogP contribution in [0.15, 0.2) is 0 Å². The zero-order valence-electron chi connectivity index (χ0n) is 8.59. The first-order valence-electron chi connectivity index (χ1n) is 4.92. The predicted octanol–water partition coefficient (Wildman–Crippen LogP) is 2.01. The molecule has 3 nitrogen and oxygen atoms in total. The Morgan fingerprint density at radius 3 is 2.50 bits per heavy atom. The maximum absolute atomic E-state index is 11.1. The number of rotatable bonds is 2. The minimum Gasteiger partial charge on any atom is -0.481 e. The Kier molecular flexibility index (Phi) is 3.12. The van der Waals surface area contributed by atoms with Crippen LogP contribution >= 0.6 is 11.6 Å². The smallest absolute Gasteiger partial charge is 0.312 e. The van der Waals surface area contributed by atoms with E-state index in [0.29, 0.717) is 12.8 Å². The molecule has 0 unspecified atom stereocenters. The van der Waals surface area contributed by atoms with Gasteiger partial charge in [0, 0.05) is 0 Å². The van der Waals surface area contributed by atoms with Crippen molar-refractivity contribution in [2.75, 3.05) is 0 Å². The highest BCUT2D eigenvalue weighted by molar-refractivity contribution is 6.21. The monoisotopic (exact) mass is 220 g/mol. The fourth-order valence-electron chi connectivity index (χ4n) is 2.00. The van der Waals surface area contributed by atoms with E-state index in [2.05, 4.69) is 0 Å². The zero-order chi connectivity index (χ0) is 11.0. The highest BCUT2D eigenvalue weighted by Crippen LogP contribution is 2.44. The molecule has 82 valence electrons. The van der Waals surface area contributed by atoms with Crippen LogP contribution in [0.1, 0.15) is 39.5 Å². The molecule has 1 saturated carbocycles. The van der Waals surface area contributed by atoms with Crippen LogP contribution in [0.25, 0.3) is 0 Å². The molecule has 0 aromatic heterocycles. The average Bonchev–Trinajstić information content (AvgIpc) is 2.09. The van der Waals surface area contributed by atoms with Crippen LogP contribution in [0.5, 0.6) is 0 Å². The van der Waals surface area contributed by atoms with Crippen molar-refractivity contribution < 1.29 is 15.0 Å². The molecule has 0 radical (unpaired) electrons. The third kappa shape index (κ3) is 1.63. The summed E-state index contributed by atoms with van der Waals surface area (Å²) in [5, 5.41) is 18.9. The van der Waals surface area contributed by atoms with Gasteiger partial charge in [0.1, 0.15) is 0 Å². The first-order chi connectivity index (χ1) is 6.32. The topological polar surface area (TPSA) is 57.5 Å². The standard InChI is InChI=1S/C10H17ClO3/c1-9(2,8(12)13)10(14)6-4-3-5-7(10)11/h7,14H,3-6H2,1-2H3,(H,12,13)/t7-,10+/m1/s1. The molecular formula is C10H17ClO3. The summed E-state index contributed by atoms with van der Waals surface area (Å²) in [6, 6.07) is 0. The summed E-state index contributed by atoms with van der Waals surface area (Å²) in [4.78, 5) is 11.1. The van der Waals surface area contributed by atoms with E-state index in [9.17, 15) is 9.90 Å². The summed E-state index contributed by atoms with van der Waals surface area (Å²) in [5.74, 6) is -0.993. The van der Waals surface area contributed by atoms with Gasteiger partial charge in [-0.15, -0.1) is 11.6 Å². The third-order valence-electron chi connectivity index (χ3n) is 3.40. The third-order valence-corrected chi connectivity index (χ3v) is 3.98. The minimum atomic E-state index is -1.28. The van der Waals surface area contributed by atoms with Crippen molar-refractivity contribution in [3.63, 3.8) is 0 Å². The number of carboxylic acid groups (broad SMARTS) is 1. The van der Waals surface area contributed by atoms with E-state index in [4.69, 9.17) is 16.7 Å². The quantitative estimate of drug-likeness (QED) is 0.700. The van der Waals surface area contributed by atoms with Gasteiger partial charge in [0.05, 0.1) is 16.4 Å². The molecule has 0 amide bonds. The van der Waals surface area contributed by atoms with Gasteiger partial charge >= 0.3 is 5.97 Å². The molecule has 0 spiro atoms. The molecule has 1 fully saturated rings. The number of aliphatic carboxylic acids is 1. The van der Waals surface area contributed by atoms with E-state index in [0.717, 1.165) is 12.8 Å². The number of hydrogen-bond acceptors (Lipinski definition) is 2. The predicted molar refractivity (Wildman–Crippen MR) is 54.5 cm³/mol. The molecule has 1 aliphatic rings. The molecule has 2 atom stereocenters. The lowest BCUT2D eigenvalue weighted by molar-refractivity contribution is -0.168. The molecular weight excluding hydrogens is 204 g/mol. The lowest BCUT2D eigenvalue weighted by atomic mass is 9.67. The minimum absolute atomic E-state index is 0.456. The maximum atomic E-state index is 11.1. The summed E-state index contributed by atoms with van der Waals surface area (Å²) in [6.07, 6.45) is 2.97. The number of alkyl halides is 1. The van der Waals surface area contributed by atoms with E-state index in [-0.39, 0.29) is 0 Å². The molecule has 0 aromatic carbocycles. The first kappa shape index (κ1) is 11.8. The Morgan fingerprint density at radius 1 is 1.50 bits per heavy atom. The summed E-state index contributed by atoms with van der Waals surface area (Å²) >= 11 is 6.04. The fraction of sp³-hybridized carbons (Fsp3) is 0.900. The van der Waals surface area contributed by atoms with Crippen LogP contribution < -0.4 is 0 Å². The summed E-state index contributed by atoms with van der Waals surface area (Å²) < 4.78 is 0. The molecule has 14 heavy (non-hydrogen) atoms. The van der Waals surface area contributed by atoms with Crippen molar-refractivity contribution in [1.29, 1.82) is 0 Å². The summed E-state index contributed by atoms with van der Waals surface area (Å²) in [5.41, 5.74) is -2.46. The van der Waals surface area contributed by atoms with Crippen LogP contribution in [0.2, 0.25) is 0 Å². The van der Waals surface area contributed by atoms with Crippen molar-refractivity contribution in [3.05, 3.63) is 0 Å². The van der Waals surface area contributed by atoms with Gasteiger partial charge in [-0.05, 0) is 26.7 Å². The molecule has 2 N–H and O–H groups in total. The van der Waals surface area contributed by atoms with Gasteiger partial charge < -0.3 is 10.2 Å². The number of halogens is 1. The van der Waals surface area contributed by atoms with Gasteiger partial charge in [-0.1, -0.05) is 12.8 Å². The summed E-state index contributed by atoms with van der Waals surface area (Å²) in [7, 11) is 0. The molecule has 1 rings (SSSR count). The Labute approximate surface area is 89.1 Å². The van der Waals surface area contributed by atoms with Crippen LogP contribution in [-0.4, -0.2) is 27.2 Å². The van der Waals surface area contributed by atoms with Crippen molar-refractivity contribution in [2.45, 2.75) is 50.5 Å². The van der Waals surface area contributed by atoms with Gasteiger partial charge in [-0.3, -0.25) is 4.79 Å². The lowest BCUT2D eigenvalue weighted by Crippen LogP contribution is -2.56. The number of aliphatic hydroxyl groups is 1. The molecule has 1 aliphatic carbocycles. The van der Waals surface area contributed by atoms with Gasteiger partial charge in [0.2, 0.25) is 0 Å². The van der Waals surface area contributed by atoms with Crippen LogP contribution in [0.3, 0.4) is 0 Å². The van der Waals surface area contributed by atoms with Crippen molar-refractivity contribution >= 4 is 17.6 Å². The molecule has 0 saturated heterocycles. The van der Waals surface area contributed by atoms with E-state index in [1.165, 1.54) is 13.8 Å². The lowest BCUT2D eigenvalue weighted by Gasteiger charge is -2.45. The Hall–Kier alpha value is -0.280. The first-order valence-corrected chi connectivity index (χ1v) is 5.36. The molecule has 0 heterocycles. The van der Waals surface area contributed by atoms with Crippen molar-refractivity contribution in [2.24, 2.45) is 5.41 Å². The summed E-state index contributed by atoms with van der Waals surface area (Å²) in [6.45, 7) is 3.08. The van der Waals surface area contributed by atoms with Gasteiger partial charge in [-0.25, -0.2) is 0 Å². The van der Waals surface area contributed by atoms with Gasteiger partial charge in [0.25, 0.3) is 0 Å². The van der Waals surface area contributed by atoms with Gasteiger partial charge in [-0.2, -0.15) is 0 Å². The van der Waals surface area contributed by atoms with Gasteiger partial charge in [0.15, 0.2) is 0 Å². The average molecular weight is 221 g/mol. The molecule has 0 aromatic rings. The number of hydrogen-bond donors (Lipinski definition) is 2. The van der Waals surface area contributed by atoms with E-state index in [1.807, 2.05) is 0 Å². The van der Waals surface area contributed by atoms with E-state index >= 15 is 0 Å². The SMILES string of the molecule is CC(C)(C(=O)O)[C@]1(O)CCCC[C@H]1Cl. The Bertz CT molecular complexity index is 240. The Morgan fingerprint density at radius 2 is 2.07 bits per heavy atom. The second-order valence-electron chi connectivity index (χ2n) is 4.57. The second-order valence-corrected chi connectivity index (χ2v) is 5.09. The Balaban J connectivity index is 2.96. The molecule has 0 bridgehead atoms. The van der Waals surface area contributed by atoms with E-state index < -0.39 is 22.4 Å². The van der Waals surface area contributed by atoms with E-state index in [1.54, 1.807) is 0 Å². The number of carbonyl (C=O) groups is 1. The van der Waals surface area contributed by atoms with Crippen LogP contribution in [0, 0.1) is 5.41 Å². The number of carboxylic acids is 1. The maximum Gasteiger partial charge on any atom is 0.312 e. The largest absolute Gasteiger partial charge is 0.481 e. The fourth-order valence-corrected chi connectivity index (χ4v) is 2.54. The molecule has 4 heteroatoms. The second kappa shape index (κ2) is 3.70. The van der Waals surface area contributed by atoms with Crippen molar-refractivity contribution in [1.82, 2.24) is 0 Å². The highest BCUT2D eigenvalue weighted by Gasteiger charge is 2.53. The molecule has 0 aliphatic heterocycles. The van der Waals surface area contributed by atoms with Crippen molar-refractivity contribution in [3.8, 4) is 0 Å². The zero-order valence-corrected chi connectivity index (χ0v) is 9.34. The van der Waals surface area contributed by atoms with Crippen LogP contribution in [0.4, 0.5) is 0 Å². The highest BCUT2D eigenvalue weighted by atomic mass is 35.5. The van der Waals surface area contributed by atoms with Crippen LogP contribution in [-0.2, 0) is 4.79 Å². The normalized spacial score (nSPS) is 34.1.